The van der Waals surface area contributed by atoms with E-state index in [2.05, 4.69) is 16.2 Å². The summed E-state index contributed by atoms with van der Waals surface area (Å²) in [5, 5.41) is 2.82. The summed E-state index contributed by atoms with van der Waals surface area (Å²) in [6, 6.07) is 9.31. The van der Waals surface area contributed by atoms with E-state index in [0.29, 0.717) is 5.57 Å². The molecule has 3 heteroatoms. The predicted octanol–water partition coefficient (Wildman–Crippen LogP) is 2.49. The first-order valence-corrected chi connectivity index (χ1v) is 5.56. The van der Waals surface area contributed by atoms with E-state index in [1.807, 2.05) is 42.6 Å². The van der Waals surface area contributed by atoms with Crippen molar-refractivity contribution < 1.29 is 4.79 Å². The van der Waals surface area contributed by atoms with Crippen LogP contribution in [0, 0.1) is 12.3 Å². The van der Waals surface area contributed by atoms with Gasteiger partial charge in [0.1, 0.15) is 0 Å². The minimum absolute atomic E-state index is 0.123. The molecule has 86 valence electrons. The molecular formula is C15H10N2O. The van der Waals surface area contributed by atoms with E-state index in [-0.39, 0.29) is 5.91 Å². The third-order valence-corrected chi connectivity index (χ3v) is 2.90. The summed E-state index contributed by atoms with van der Waals surface area (Å²) in [4.78, 5) is 15.0. The average molecular weight is 234 g/mol. The van der Waals surface area contributed by atoms with Crippen molar-refractivity contribution in [3.05, 3.63) is 53.3 Å². The van der Waals surface area contributed by atoms with Crippen molar-refractivity contribution in [2.24, 2.45) is 0 Å². The summed E-state index contributed by atoms with van der Waals surface area (Å²) in [6.07, 6.45) is 9.10. The van der Waals surface area contributed by atoms with Crippen LogP contribution in [0.3, 0.4) is 0 Å². The zero-order valence-electron chi connectivity index (χ0n) is 9.53. The number of aromatic amines is 1. The lowest BCUT2D eigenvalue weighted by Crippen LogP contribution is -2.03. The highest BCUT2D eigenvalue weighted by atomic mass is 16.2. The molecule has 2 aromatic rings. The van der Waals surface area contributed by atoms with Gasteiger partial charge >= 0.3 is 0 Å². The molecule has 3 nitrogen and oxygen atoms in total. The summed E-state index contributed by atoms with van der Waals surface area (Å²) < 4.78 is 0. The van der Waals surface area contributed by atoms with Gasteiger partial charge in [0, 0.05) is 23.0 Å². The van der Waals surface area contributed by atoms with Crippen LogP contribution in [0.25, 0.3) is 11.6 Å². The predicted molar refractivity (Wildman–Crippen MR) is 71.7 cm³/mol. The van der Waals surface area contributed by atoms with Gasteiger partial charge in [-0.25, -0.2) is 0 Å². The number of aromatic nitrogens is 1. The first-order valence-electron chi connectivity index (χ1n) is 5.56. The van der Waals surface area contributed by atoms with Gasteiger partial charge in [-0.15, -0.1) is 6.42 Å². The van der Waals surface area contributed by atoms with Gasteiger partial charge in [0.05, 0.1) is 11.3 Å². The minimum Gasteiger partial charge on any atom is -0.362 e. The number of carbonyl (C=O) groups excluding carboxylic acids is 1. The Bertz CT molecular complexity index is 688. The number of amides is 1. The van der Waals surface area contributed by atoms with E-state index >= 15 is 0 Å². The highest BCUT2D eigenvalue weighted by molar-refractivity contribution is 6.35. The Morgan fingerprint density at radius 1 is 1.22 bits per heavy atom. The molecule has 1 aliphatic rings. The number of anilines is 1. The van der Waals surface area contributed by atoms with Crippen molar-refractivity contribution in [1.29, 1.82) is 0 Å². The van der Waals surface area contributed by atoms with Crippen molar-refractivity contribution in [2.45, 2.75) is 0 Å². The lowest BCUT2D eigenvalue weighted by molar-refractivity contribution is -0.110. The van der Waals surface area contributed by atoms with Crippen LogP contribution in [0.15, 0.2) is 36.5 Å². The van der Waals surface area contributed by atoms with Crippen molar-refractivity contribution in [3.8, 4) is 12.3 Å². The first kappa shape index (κ1) is 10.4. The highest BCUT2D eigenvalue weighted by Gasteiger charge is 2.26. The lowest BCUT2D eigenvalue weighted by Gasteiger charge is -2.01. The second kappa shape index (κ2) is 3.94. The standard InChI is InChI=1S/C15H10N2O/c1-2-10-5-3-7-13-14(10)12(15(18)17-13)9-11-6-4-8-16-11/h1,3-9,16H,(H,17,18). The third kappa shape index (κ3) is 1.52. The fraction of sp³-hybridized carbons (Fsp3) is 0. The molecule has 1 aliphatic heterocycles. The SMILES string of the molecule is C#Cc1cccc2c1C(=Cc1ccc[nH]1)C(=O)N2. The topological polar surface area (TPSA) is 44.9 Å². The number of benzene rings is 1. The van der Waals surface area contributed by atoms with Crippen molar-refractivity contribution >= 4 is 23.2 Å². The Labute approximate surface area is 105 Å². The van der Waals surface area contributed by atoms with E-state index in [9.17, 15) is 4.79 Å². The van der Waals surface area contributed by atoms with Crippen LogP contribution in [-0.2, 0) is 4.79 Å². The molecule has 1 amide bonds. The van der Waals surface area contributed by atoms with Gasteiger partial charge in [-0.2, -0.15) is 0 Å². The zero-order chi connectivity index (χ0) is 12.5. The number of rotatable bonds is 1. The Morgan fingerprint density at radius 3 is 2.83 bits per heavy atom. The fourth-order valence-electron chi connectivity index (χ4n) is 2.10. The molecule has 2 N–H and O–H groups in total. The highest BCUT2D eigenvalue weighted by Crippen LogP contribution is 2.35. The van der Waals surface area contributed by atoms with Crippen molar-refractivity contribution in [3.63, 3.8) is 0 Å². The maximum absolute atomic E-state index is 12.0. The van der Waals surface area contributed by atoms with Crippen LogP contribution in [0.1, 0.15) is 16.8 Å². The summed E-state index contributed by atoms with van der Waals surface area (Å²) >= 11 is 0. The van der Waals surface area contributed by atoms with E-state index < -0.39 is 0 Å². The molecule has 0 unspecified atom stereocenters. The molecule has 0 saturated carbocycles. The molecule has 18 heavy (non-hydrogen) atoms. The largest absolute Gasteiger partial charge is 0.362 e. The maximum Gasteiger partial charge on any atom is 0.256 e. The van der Waals surface area contributed by atoms with E-state index in [1.54, 1.807) is 0 Å². The number of terminal acetylenes is 1. The van der Waals surface area contributed by atoms with E-state index in [1.165, 1.54) is 0 Å². The number of fused-ring (bicyclic) bond motifs is 1. The van der Waals surface area contributed by atoms with Crippen LogP contribution in [0.5, 0.6) is 0 Å². The monoisotopic (exact) mass is 234 g/mol. The molecule has 0 saturated heterocycles. The fourth-order valence-corrected chi connectivity index (χ4v) is 2.10. The number of nitrogens with one attached hydrogen (secondary N) is 2. The van der Waals surface area contributed by atoms with Gasteiger partial charge in [-0.1, -0.05) is 12.0 Å². The molecule has 1 aromatic carbocycles. The van der Waals surface area contributed by atoms with Crippen LogP contribution in [0.4, 0.5) is 5.69 Å². The molecule has 3 rings (SSSR count). The number of H-pyrrole nitrogens is 1. The van der Waals surface area contributed by atoms with Crippen molar-refractivity contribution in [2.75, 3.05) is 5.32 Å². The molecule has 0 spiro atoms. The molecule has 2 heterocycles. The third-order valence-electron chi connectivity index (χ3n) is 2.90. The normalized spacial score (nSPS) is 15.3. The lowest BCUT2D eigenvalue weighted by atomic mass is 10.00. The summed E-state index contributed by atoms with van der Waals surface area (Å²) in [5.74, 6) is 2.49. The van der Waals surface area contributed by atoms with Gasteiger partial charge in [0.15, 0.2) is 0 Å². The van der Waals surface area contributed by atoms with Gasteiger partial charge in [-0.05, 0) is 30.3 Å². The molecule has 0 bridgehead atoms. The van der Waals surface area contributed by atoms with Crippen LogP contribution in [0.2, 0.25) is 0 Å². The molecule has 0 atom stereocenters. The average Bonchev–Trinajstić information content (AvgIpc) is 2.98. The van der Waals surface area contributed by atoms with Gasteiger partial charge < -0.3 is 10.3 Å². The van der Waals surface area contributed by atoms with E-state index in [0.717, 1.165) is 22.5 Å². The first-order chi connectivity index (χ1) is 8.79. The van der Waals surface area contributed by atoms with Gasteiger partial charge in [0.2, 0.25) is 0 Å². The molecule has 0 aliphatic carbocycles. The smallest absolute Gasteiger partial charge is 0.256 e. The van der Waals surface area contributed by atoms with Crippen LogP contribution < -0.4 is 5.32 Å². The molecule has 1 aromatic heterocycles. The van der Waals surface area contributed by atoms with Crippen LogP contribution >= 0.6 is 0 Å². The van der Waals surface area contributed by atoms with Crippen molar-refractivity contribution in [1.82, 2.24) is 4.98 Å². The molecule has 0 fully saturated rings. The molecule has 0 radical (unpaired) electrons. The molecular weight excluding hydrogens is 224 g/mol. The number of hydrogen-bond acceptors (Lipinski definition) is 1. The quantitative estimate of drug-likeness (QED) is 0.578. The Balaban J connectivity index is 2.21. The summed E-state index contributed by atoms with van der Waals surface area (Å²) in [6.45, 7) is 0. The maximum atomic E-state index is 12.0. The second-order valence-corrected chi connectivity index (χ2v) is 4.01. The Morgan fingerprint density at radius 2 is 2.11 bits per heavy atom. The zero-order valence-corrected chi connectivity index (χ0v) is 9.53. The van der Waals surface area contributed by atoms with Gasteiger partial charge in [-0.3, -0.25) is 4.79 Å². The van der Waals surface area contributed by atoms with E-state index in [4.69, 9.17) is 6.42 Å². The summed E-state index contributed by atoms with van der Waals surface area (Å²) in [5.41, 5.74) is 3.78. The van der Waals surface area contributed by atoms with Gasteiger partial charge in [0.25, 0.3) is 5.91 Å². The van der Waals surface area contributed by atoms with Crippen LogP contribution in [-0.4, -0.2) is 10.9 Å². The number of carbonyl (C=O) groups is 1. The minimum atomic E-state index is -0.123. The summed E-state index contributed by atoms with van der Waals surface area (Å²) in [7, 11) is 0. The Kier molecular flexibility index (Phi) is 2.28. The Hall–Kier alpha value is -2.73. The second-order valence-electron chi connectivity index (χ2n) is 4.01. The number of hydrogen-bond donors (Lipinski definition) is 2.